The Kier molecular flexibility index (Phi) is 6.17. The number of nitriles is 1. The van der Waals surface area contributed by atoms with Crippen LogP contribution in [0.4, 0.5) is 0 Å². The first-order valence-corrected chi connectivity index (χ1v) is 9.80. The number of esters is 1. The first-order valence-electron chi connectivity index (χ1n) is 9.80. The maximum Gasteiger partial charge on any atom is 0.339 e. The summed E-state index contributed by atoms with van der Waals surface area (Å²) in [5.74, 6) is -1.23. The topological polar surface area (TPSA) is 100 Å². The Morgan fingerprint density at radius 2 is 1.61 bits per heavy atom. The fourth-order valence-electron chi connectivity index (χ4n) is 3.72. The van der Waals surface area contributed by atoms with E-state index in [-0.39, 0.29) is 17.0 Å². The molecule has 3 rings (SSSR count). The number of ketones is 2. The standard InChI is InChI=1S/C25H22N2O4/c1-14-22(16(3)28)15(2)27-23(14)24(29)17(4)31-25(30)21-12-8-7-11-20(21)19-10-6-5-9-18(19)13-26/h5-12,17,27H,1-4H3/t17-/m0/s1. The second kappa shape index (κ2) is 8.80. The minimum absolute atomic E-state index is 0.139. The zero-order valence-electron chi connectivity index (χ0n) is 17.8. The minimum atomic E-state index is -1.07. The molecule has 0 saturated carbocycles. The molecule has 156 valence electrons. The number of aromatic amines is 1. The Hall–Kier alpha value is -3.98. The summed E-state index contributed by atoms with van der Waals surface area (Å²) in [5, 5.41) is 9.40. The first kappa shape index (κ1) is 21.7. The van der Waals surface area contributed by atoms with E-state index in [9.17, 15) is 19.6 Å². The number of hydrogen-bond acceptors (Lipinski definition) is 5. The number of hydrogen-bond donors (Lipinski definition) is 1. The number of benzene rings is 2. The molecule has 1 aromatic heterocycles. The summed E-state index contributed by atoms with van der Waals surface area (Å²) in [6.07, 6.45) is -1.07. The third-order valence-corrected chi connectivity index (χ3v) is 5.17. The van der Waals surface area contributed by atoms with Crippen LogP contribution in [0.1, 0.15) is 61.9 Å². The number of carbonyl (C=O) groups excluding carboxylic acids is 3. The summed E-state index contributed by atoms with van der Waals surface area (Å²) >= 11 is 0. The van der Waals surface area contributed by atoms with Crippen molar-refractivity contribution in [3.05, 3.63) is 82.2 Å². The number of Topliss-reactive ketones (excluding diaryl/α,β-unsaturated/α-hetero) is 2. The van der Waals surface area contributed by atoms with Crippen molar-refractivity contribution in [3.8, 4) is 17.2 Å². The van der Waals surface area contributed by atoms with Crippen LogP contribution in [0.3, 0.4) is 0 Å². The molecule has 0 unspecified atom stereocenters. The second-order valence-corrected chi connectivity index (χ2v) is 7.30. The van der Waals surface area contributed by atoms with Crippen molar-refractivity contribution in [2.45, 2.75) is 33.8 Å². The molecule has 1 N–H and O–H groups in total. The molecule has 0 aliphatic heterocycles. The molecule has 6 nitrogen and oxygen atoms in total. The molecular formula is C25H22N2O4. The Balaban J connectivity index is 1.90. The quantitative estimate of drug-likeness (QED) is 0.461. The van der Waals surface area contributed by atoms with E-state index in [1.807, 2.05) is 0 Å². The van der Waals surface area contributed by atoms with E-state index in [0.29, 0.717) is 33.5 Å². The third kappa shape index (κ3) is 4.17. The van der Waals surface area contributed by atoms with Crippen LogP contribution in [0, 0.1) is 25.2 Å². The van der Waals surface area contributed by atoms with Gasteiger partial charge in [-0.15, -0.1) is 0 Å². The highest BCUT2D eigenvalue weighted by Gasteiger charge is 2.27. The van der Waals surface area contributed by atoms with Crippen LogP contribution in [0.2, 0.25) is 0 Å². The number of rotatable bonds is 6. The van der Waals surface area contributed by atoms with Crippen LogP contribution in [0.5, 0.6) is 0 Å². The summed E-state index contributed by atoms with van der Waals surface area (Å²) in [6.45, 7) is 6.35. The highest BCUT2D eigenvalue weighted by atomic mass is 16.5. The van der Waals surface area contributed by atoms with Crippen LogP contribution in [-0.2, 0) is 4.74 Å². The Morgan fingerprint density at radius 3 is 2.23 bits per heavy atom. The number of H-pyrrole nitrogens is 1. The van der Waals surface area contributed by atoms with Crippen molar-refractivity contribution in [3.63, 3.8) is 0 Å². The molecule has 0 aliphatic carbocycles. The van der Waals surface area contributed by atoms with E-state index in [2.05, 4.69) is 11.1 Å². The molecule has 31 heavy (non-hydrogen) atoms. The first-order chi connectivity index (χ1) is 14.8. The van der Waals surface area contributed by atoms with Crippen molar-refractivity contribution in [1.82, 2.24) is 4.98 Å². The van der Waals surface area contributed by atoms with Gasteiger partial charge in [0.05, 0.1) is 22.9 Å². The van der Waals surface area contributed by atoms with Crippen LogP contribution in [0.15, 0.2) is 48.5 Å². The van der Waals surface area contributed by atoms with E-state index in [1.165, 1.54) is 13.8 Å². The minimum Gasteiger partial charge on any atom is -0.451 e. The van der Waals surface area contributed by atoms with Crippen molar-refractivity contribution in [2.24, 2.45) is 0 Å². The lowest BCUT2D eigenvalue weighted by Gasteiger charge is -2.15. The highest BCUT2D eigenvalue weighted by molar-refractivity contribution is 6.06. The van der Waals surface area contributed by atoms with E-state index in [0.717, 1.165) is 0 Å². The lowest BCUT2D eigenvalue weighted by molar-refractivity contribution is 0.0317. The van der Waals surface area contributed by atoms with Gasteiger partial charge in [0, 0.05) is 16.8 Å². The van der Waals surface area contributed by atoms with Crippen LogP contribution >= 0.6 is 0 Å². The number of carbonyl (C=O) groups is 3. The fraction of sp³-hybridized carbons (Fsp3) is 0.200. The lowest BCUT2D eigenvalue weighted by atomic mass is 9.96. The Bertz CT molecular complexity index is 1230. The van der Waals surface area contributed by atoms with Crippen LogP contribution < -0.4 is 0 Å². The van der Waals surface area contributed by atoms with E-state index >= 15 is 0 Å². The van der Waals surface area contributed by atoms with E-state index < -0.39 is 17.9 Å². The van der Waals surface area contributed by atoms with Crippen molar-refractivity contribution in [1.29, 1.82) is 5.26 Å². The highest BCUT2D eigenvalue weighted by Crippen LogP contribution is 2.28. The molecule has 0 aliphatic rings. The molecule has 0 fully saturated rings. The molecule has 6 heteroatoms. The number of aromatic nitrogens is 1. The Labute approximate surface area is 180 Å². The largest absolute Gasteiger partial charge is 0.451 e. The second-order valence-electron chi connectivity index (χ2n) is 7.30. The van der Waals surface area contributed by atoms with Crippen LogP contribution in [-0.4, -0.2) is 28.6 Å². The molecule has 1 heterocycles. The number of nitrogens with one attached hydrogen (secondary N) is 1. The number of ether oxygens (including phenoxy) is 1. The summed E-state index contributed by atoms with van der Waals surface area (Å²) in [6, 6.07) is 15.9. The van der Waals surface area contributed by atoms with Gasteiger partial charge in [-0.1, -0.05) is 36.4 Å². The van der Waals surface area contributed by atoms with Crippen molar-refractivity contribution in [2.75, 3.05) is 0 Å². The van der Waals surface area contributed by atoms with E-state index in [1.54, 1.807) is 62.4 Å². The zero-order chi connectivity index (χ0) is 22.7. The predicted octanol–water partition coefficient (Wildman–Crippen LogP) is 4.80. The maximum atomic E-state index is 12.9. The SMILES string of the molecule is CC(=O)c1c(C)[nH]c(C(=O)[C@H](C)OC(=O)c2ccccc2-c2ccccc2C#N)c1C. The summed E-state index contributed by atoms with van der Waals surface area (Å²) in [5.41, 5.74) is 3.72. The van der Waals surface area contributed by atoms with Gasteiger partial charge in [-0.05, 0) is 51.0 Å². The molecule has 1 atom stereocenters. The van der Waals surface area contributed by atoms with E-state index in [4.69, 9.17) is 4.74 Å². The van der Waals surface area contributed by atoms with Gasteiger partial charge in [-0.3, -0.25) is 9.59 Å². The molecule has 0 bridgehead atoms. The Morgan fingerprint density at radius 1 is 1.00 bits per heavy atom. The third-order valence-electron chi connectivity index (χ3n) is 5.17. The number of nitrogens with zero attached hydrogens (tertiary/aromatic N) is 1. The van der Waals surface area contributed by atoms with Crippen molar-refractivity contribution < 1.29 is 19.1 Å². The smallest absolute Gasteiger partial charge is 0.339 e. The van der Waals surface area contributed by atoms with Gasteiger partial charge >= 0.3 is 5.97 Å². The monoisotopic (exact) mass is 414 g/mol. The van der Waals surface area contributed by atoms with Gasteiger partial charge < -0.3 is 9.72 Å². The molecule has 0 radical (unpaired) electrons. The van der Waals surface area contributed by atoms with Gasteiger partial charge in [0.2, 0.25) is 5.78 Å². The van der Waals surface area contributed by atoms with Gasteiger partial charge in [-0.2, -0.15) is 5.26 Å². The van der Waals surface area contributed by atoms with Crippen LogP contribution in [0.25, 0.3) is 11.1 Å². The average Bonchev–Trinajstić information content (AvgIpc) is 3.06. The van der Waals surface area contributed by atoms with Gasteiger partial charge in [-0.25, -0.2) is 4.79 Å². The zero-order valence-corrected chi connectivity index (χ0v) is 17.8. The lowest BCUT2D eigenvalue weighted by Crippen LogP contribution is -2.25. The maximum absolute atomic E-state index is 12.9. The molecule has 0 spiro atoms. The molecule has 0 amide bonds. The van der Waals surface area contributed by atoms with Crippen molar-refractivity contribution >= 4 is 17.5 Å². The molecule has 2 aromatic carbocycles. The average molecular weight is 414 g/mol. The summed E-state index contributed by atoms with van der Waals surface area (Å²) < 4.78 is 5.48. The normalized spacial score (nSPS) is 11.5. The summed E-state index contributed by atoms with van der Waals surface area (Å²) in [7, 11) is 0. The fourth-order valence-corrected chi connectivity index (χ4v) is 3.72. The van der Waals surface area contributed by atoms with Gasteiger partial charge in [0.1, 0.15) is 0 Å². The van der Waals surface area contributed by atoms with Gasteiger partial charge in [0.25, 0.3) is 0 Å². The predicted molar refractivity (Wildman–Crippen MR) is 116 cm³/mol. The summed E-state index contributed by atoms with van der Waals surface area (Å²) in [4.78, 5) is 40.6. The molecule has 0 saturated heterocycles. The molecular weight excluding hydrogens is 392 g/mol. The van der Waals surface area contributed by atoms with Gasteiger partial charge in [0.15, 0.2) is 11.9 Å². The number of aryl methyl sites for hydroxylation is 1. The molecule has 3 aromatic rings.